The van der Waals surface area contributed by atoms with Gasteiger partial charge in [-0.3, -0.25) is 14.4 Å². The Morgan fingerprint density at radius 1 is 0.263 bits per heavy atom. The molecule has 0 fully saturated rings. The number of carbonyl (C=O) groups excluding carboxylic acids is 3. The number of allylic oxidation sites excluding steroid dienone is 12. The molecule has 0 amide bonds. The van der Waals surface area contributed by atoms with Crippen molar-refractivity contribution in [2.75, 3.05) is 13.2 Å². The summed E-state index contributed by atoms with van der Waals surface area (Å²) in [5.74, 6) is -0.871. The number of rotatable bonds is 64. The molecule has 0 aliphatic rings. The molecule has 1 atom stereocenters. The molecule has 0 aromatic carbocycles. The second-order valence-electron chi connectivity index (χ2n) is 23.4. The van der Waals surface area contributed by atoms with Crippen LogP contribution in [0.15, 0.2) is 72.9 Å². The predicted octanol–water partition coefficient (Wildman–Crippen LogP) is 24.1. The van der Waals surface area contributed by atoms with Crippen molar-refractivity contribution in [1.29, 1.82) is 0 Å². The summed E-state index contributed by atoms with van der Waals surface area (Å²) >= 11 is 0. The fourth-order valence-corrected chi connectivity index (χ4v) is 10.2. The highest BCUT2D eigenvalue weighted by Crippen LogP contribution is 2.18. The number of hydrogen-bond acceptors (Lipinski definition) is 6. The van der Waals surface area contributed by atoms with Gasteiger partial charge in [0, 0.05) is 19.3 Å². The largest absolute Gasteiger partial charge is 0.462 e. The Balaban J connectivity index is 4.28. The Morgan fingerprint density at radius 2 is 0.500 bits per heavy atom. The van der Waals surface area contributed by atoms with Crippen LogP contribution in [0.5, 0.6) is 0 Å². The van der Waals surface area contributed by atoms with Gasteiger partial charge in [0.15, 0.2) is 6.10 Å². The fraction of sp³-hybridized carbons (Fsp3) is 0.797. The van der Waals surface area contributed by atoms with Crippen LogP contribution in [0.2, 0.25) is 0 Å². The number of esters is 3. The molecule has 1 unspecified atom stereocenters. The third kappa shape index (κ3) is 65.7. The van der Waals surface area contributed by atoms with E-state index >= 15 is 0 Å². The van der Waals surface area contributed by atoms with Crippen LogP contribution >= 0.6 is 0 Å². The third-order valence-electron chi connectivity index (χ3n) is 15.4. The Hall–Kier alpha value is -3.15. The molecule has 0 saturated carbocycles. The van der Waals surface area contributed by atoms with Crippen molar-refractivity contribution in [1.82, 2.24) is 0 Å². The van der Waals surface area contributed by atoms with E-state index in [4.69, 9.17) is 14.2 Å². The van der Waals surface area contributed by atoms with Gasteiger partial charge < -0.3 is 14.2 Å². The summed E-state index contributed by atoms with van der Waals surface area (Å²) in [5.41, 5.74) is 0. The van der Waals surface area contributed by atoms with Crippen molar-refractivity contribution in [3.8, 4) is 0 Å². The molecule has 0 aromatic heterocycles. The Labute approximate surface area is 497 Å². The molecule has 0 aliphatic heterocycles. The first-order chi connectivity index (χ1) is 39.5. The monoisotopic (exact) mass is 1120 g/mol. The van der Waals surface area contributed by atoms with Gasteiger partial charge in [0.05, 0.1) is 0 Å². The van der Waals surface area contributed by atoms with E-state index in [0.29, 0.717) is 19.3 Å². The summed E-state index contributed by atoms with van der Waals surface area (Å²) in [6.45, 7) is 6.53. The first-order valence-corrected chi connectivity index (χ1v) is 34.9. The van der Waals surface area contributed by atoms with Crippen LogP contribution in [0.4, 0.5) is 0 Å². The van der Waals surface area contributed by atoms with Gasteiger partial charge in [0.1, 0.15) is 13.2 Å². The maximum absolute atomic E-state index is 13.0. The molecule has 0 rings (SSSR count). The minimum absolute atomic E-state index is 0.0772. The average Bonchev–Trinajstić information content (AvgIpc) is 3.46. The van der Waals surface area contributed by atoms with E-state index in [9.17, 15) is 14.4 Å². The summed E-state index contributed by atoms with van der Waals surface area (Å²) in [5, 5.41) is 0. The van der Waals surface area contributed by atoms with E-state index in [1.54, 1.807) is 0 Å². The van der Waals surface area contributed by atoms with E-state index in [2.05, 4.69) is 93.7 Å². The summed E-state index contributed by atoms with van der Waals surface area (Å²) in [6, 6.07) is 0. The van der Waals surface area contributed by atoms with Crippen molar-refractivity contribution in [3.63, 3.8) is 0 Å². The quantitative estimate of drug-likeness (QED) is 0.0261. The molecule has 0 saturated heterocycles. The number of hydrogen-bond donors (Lipinski definition) is 0. The van der Waals surface area contributed by atoms with Crippen molar-refractivity contribution >= 4 is 17.9 Å². The van der Waals surface area contributed by atoms with Gasteiger partial charge >= 0.3 is 17.9 Å². The summed E-state index contributed by atoms with van der Waals surface area (Å²) in [4.78, 5) is 38.4. The van der Waals surface area contributed by atoms with Crippen LogP contribution in [-0.2, 0) is 28.6 Å². The zero-order valence-electron chi connectivity index (χ0n) is 53.3. The van der Waals surface area contributed by atoms with E-state index < -0.39 is 6.10 Å². The summed E-state index contributed by atoms with van der Waals surface area (Å²) in [6.07, 6.45) is 89.3. The average molecular weight is 1120 g/mol. The van der Waals surface area contributed by atoms with Crippen molar-refractivity contribution in [2.45, 2.75) is 367 Å². The number of carbonyl (C=O) groups is 3. The third-order valence-corrected chi connectivity index (χ3v) is 15.4. The fourth-order valence-electron chi connectivity index (χ4n) is 10.2. The SMILES string of the molecule is CC/C=C\C/C=C\C/C=C\C/C=C\CCCCCCCCCCCCCCC(=O)OCC(COC(=O)CCCCCCC/C=C\C/C=C\CCCC)OC(=O)CCCCCCCCCCCCCCCCCCCCCCCCC. The lowest BCUT2D eigenvalue weighted by atomic mass is 10.0. The first-order valence-electron chi connectivity index (χ1n) is 34.9. The highest BCUT2D eigenvalue weighted by Gasteiger charge is 2.19. The normalized spacial score (nSPS) is 12.5. The summed E-state index contributed by atoms with van der Waals surface area (Å²) < 4.78 is 17.0. The zero-order valence-corrected chi connectivity index (χ0v) is 53.3. The van der Waals surface area contributed by atoms with E-state index in [1.165, 1.54) is 218 Å². The first kappa shape index (κ1) is 76.9. The van der Waals surface area contributed by atoms with Gasteiger partial charge in [0.25, 0.3) is 0 Å². The van der Waals surface area contributed by atoms with Gasteiger partial charge in [-0.15, -0.1) is 0 Å². The highest BCUT2D eigenvalue weighted by atomic mass is 16.6. The lowest BCUT2D eigenvalue weighted by molar-refractivity contribution is -0.167. The Kier molecular flexibility index (Phi) is 65.7. The maximum Gasteiger partial charge on any atom is 0.306 e. The molecule has 464 valence electrons. The van der Waals surface area contributed by atoms with Crippen LogP contribution in [0, 0.1) is 0 Å². The number of unbranched alkanes of at least 4 members (excludes halogenated alkanes) is 41. The molecule has 0 aromatic rings. The summed E-state index contributed by atoms with van der Waals surface area (Å²) in [7, 11) is 0. The Morgan fingerprint density at radius 3 is 0.800 bits per heavy atom. The molecule has 6 heteroatoms. The van der Waals surface area contributed by atoms with Crippen LogP contribution < -0.4 is 0 Å². The Bertz CT molecular complexity index is 1470. The van der Waals surface area contributed by atoms with Gasteiger partial charge in [-0.1, -0.05) is 331 Å². The predicted molar refractivity (Wildman–Crippen MR) is 348 cm³/mol. The van der Waals surface area contributed by atoms with E-state index in [1.807, 2.05) is 0 Å². The van der Waals surface area contributed by atoms with E-state index in [0.717, 1.165) is 103 Å². The van der Waals surface area contributed by atoms with Gasteiger partial charge in [0.2, 0.25) is 0 Å². The molecule has 0 bridgehead atoms. The molecule has 0 spiro atoms. The van der Waals surface area contributed by atoms with Crippen LogP contribution in [0.1, 0.15) is 361 Å². The van der Waals surface area contributed by atoms with Crippen LogP contribution in [0.25, 0.3) is 0 Å². The zero-order chi connectivity index (χ0) is 57.8. The van der Waals surface area contributed by atoms with Crippen molar-refractivity contribution < 1.29 is 28.6 Å². The minimum atomic E-state index is -0.782. The van der Waals surface area contributed by atoms with Gasteiger partial charge in [-0.2, -0.15) is 0 Å². The lowest BCUT2D eigenvalue weighted by Crippen LogP contribution is -2.30. The van der Waals surface area contributed by atoms with Crippen molar-refractivity contribution in [2.24, 2.45) is 0 Å². The molecule has 6 nitrogen and oxygen atoms in total. The molecular weight excluding hydrogens is 985 g/mol. The van der Waals surface area contributed by atoms with E-state index in [-0.39, 0.29) is 31.1 Å². The molecule has 0 N–H and O–H groups in total. The smallest absolute Gasteiger partial charge is 0.306 e. The topological polar surface area (TPSA) is 78.9 Å². The van der Waals surface area contributed by atoms with Crippen LogP contribution in [0.3, 0.4) is 0 Å². The molecule has 80 heavy (non-hydrogen) atoms. The minimum Gasteiger partial charge on any atom is -0.462 e. The van der Waals surface area contributed by atoms with Gasteiger partial charge in [-0.25, -0.2) is 0 Å². The van der Waals surface area contributed by atoms with Crippen molar-refractivity contribution in [3.05, 3.63) is 72.9 Å². The molecule has 0 aliphatic carbocycles. The highest BCUT2D eigenvalue weighted by molar-refractivity contribution is 5.71. The standard InChI is InChI=1S/C74H132O6/c1-4-7-10-13-16-19-22-25-28-30-32-34-36-37-39-40-42-44-46-49-52-55-58-61-64-67-73(76)79-70-71(69-78-72(75)66-63-60-57-54-51-48-27-24-21-18-15-12-9-6-3)80-74(77)68-65-62-59-56-53-50-47-45-43-41-38-35-33-31-29-26-23-20-17-14-11-8-5-2/h7,10,15-16,18-19,24-25,27-28,32,34,71H,4-6,8-9,11-14,17,20-23,26,29-31,33,35-70H2,1-3H3/b10-7-,18-15-,19-16-,27-24-,28-25-,34-32-. The molecule has 0 heterocycles. The second-order valence-corrected chi connectivity index (χ2v) is 23.4. The second kappa shape index (κ2) is 68.3. The maximum atomic E-state index is 13.0. The molecule has 0 radical (unpaired) electrons. The molecular formula is C74H132O6. The lowest BCUT2D eigenvalue weighted by Gasteiger charge is -2.18. The van der Waals surface area contributed by atoms with Crippen LogP contribution in [-0.4, -0.2) is 37.2 Å². The number of ether oxygens (including phenoxy) is 3. The van der Waals surface area contributed by atoms with Gasteiger partial charge in [-0.05, 0) is 83.5 Å².